The molecule has 4 rings (SSSR count). The molecule has 2 aromatic rings. The highest BCUT2D eigenvalue weighted by Gasteiger charge is 2.31. The van der Waals surface area contributed by atoms with Gasteiger partial charge in [-0.05, 0) is 56.6 Å². The predicted molar refractivity (Wildman–Crippen MR) is 96.7 cm³/mol. The zero-order valence-electron chi connectivity index (χ0n) is 14.8. The number of aromatic amines is 1. The van der Waals surface area contributed by atoms with E-state index in [9.17, 15) is 17.6 Å². The van der Waals surface area contributed by atoms with E-state index in [1.807, 2.05) is 4.57 Å². The molecule has 3 nitrogen and oxygen atoms in total. The monoisotopic (exact) mass is 399 g/mol. The molecule has 0 bridgehead atoms. The summed E-state index contributed by atoms with van der Waals surface area (Å²) in [5.74, 6) is -3.35. The fourth-order valence-electron chi connectivity index (χ4n) is 4.28. The molecule has 8 heteroatoms. The zero-order valence-corrected chi connectivity index (χ0v) is 15.6. The number of aryl methyl sites for hydroxylation is 1. The first-order chi connectivity index (χ1) is 12.9. The van der Waals surface area contributed by atoms with Gasteiger partial charge in [0, 0.05) is 42.5 Å². The second-order valence-corrected chi connectivity index (χ2v) is 7.80. The van der Waals surface area contributed by atoms with Crippen LogP contribution >= 0.6 is 12.2 Å². The molecular weight excluding hydrogens is 378 g/mol. The maximum atomic E-state index is 14.2. The van der Waals surface area contributed by atoms with E-state index < -0.39 is 29.5 Å². The fourth-order valence-corrected chi connectivity index (χ4v) is 4.59. The molecule has 0 saturated carbocycles. The number of imidazole rings is 1. The number of likely N-dealkylation sites (tertiary alicyclic amines) is 1. The molecule has 2 aliphatic rings. The highest BCUT2D eigenvalue weighted by molar-refractivity contribution is 7.71. The van der Waals surface area contributed by atoms with Gasteiger partial charge >= 0.3 is 0 Å². The van der Waals surface area contributed by atoms with E-state index in [-0.39, 0.29) is 5.56 Å². The third-order valence-electron chi connectivity index (χ3n) is 5.62. The number of nitrogens with zero attached hydrogens (tertiary/aromatic N) is 2. The molecule has 0 aliphatic carbocycles. The van der Waals surface area contributed by atoms with Crippen molar-refractivity contribution in [1.82, 2.24) is 14.5 Å². The summed E-state index contributed by atoms with van der Waals surface area (Å²) in [6, 6.07) is 1.78. The van der Waals surface area contributed by atoms with Gasteiger partial charge in [-0.1, -0.05) is 0 Å². The minimum atomic E-state index is -1.11. The molecule has 146 valence electrons. The third-order valence-corrected chi connectivity index (χ3v) is 5.95. The quantitative estimate of drug-likeness (QED) is 0.461. The van der Waals surface area contributed by atoms with E-state index in [4.69, 9.17) is 12.2 Å². The van der Waals surface area contributed by atoms with Gasteiger partial charge in [-0.25, -0.2) is 17.6 Å². The molecule has 0 spiro atoms. The fraction of sp³-hybridized carbons (Fsp3) is 0.526. The number of benzene rings is 1. The molecule has 27 heavy (non-hydrogen) atoms. The van der Waals surface area contributed by atoms with E-state index >= 15 is 0 Å². The smallest absolute Gasteiger partial charge is 0.177 e. The van der Waals surface area contributed by atoms with Crippen molar-refractivity contribution in [2.45, 2.75) is 44.3 Å². The van der Waals surface area contributed by atoms with Crippen LogP contribution in [0.2, 0.25) is 0 Å². The normalized spacial score (nSPS) is 22.5. The van der Waals surface area contributed by atoms with Crippen molar-refractivity contribution in [2.24, 2.45) is 0 Å². The Morgan fingerprint density at radius 3 is 2.67 bits per heavy atom. The van der Waals surface area contributed by atoms with Crippen LogP contribution in [0.5, 0.6) is 0 Å². The third kappa shape index (κ3) is 3.57. The molecule has 1 N–H and O–H groups in total. The van der Waals surface area contributed by atoms with Gasteiger partial charge in [0.05, 0.1) is 0 Å². The number of hydrogen-bond acceptors (Lipinski definition) is 2. The minimum Gasteiger partial charge on any atom is -0.334 e. The topological polar surface area (TPSA) is 24.0 Å². The van der Waals surface area contributed by atoms with E-state index in [2.05, 4.69) is 9.88 Å². The summed E-state index contributed by atoms with van der Waals surface area (Å²) in [4.78, 5) is 5.29. The van der Waals surface area contributed by atoms with Crippen molar-refractivity contribution in [2.75, 3.05) is 19.6 Å². The summed E-state index contributed by atoms with van der Waals surface area (Å²) in [7, 11) is 0. The molecule has 2 atom stereocenters. The van der Waals surface area contributed by atoms with E-state index in [1.165, 1.54) is 0 Å². The van der Waals surface area contributed by atoms with Gasteiger partial charge in [0.15, 0.2) is 16.4 Å². The van der Waals surface area contributed by atoms with E-state index in [0.717, 1.165) is 49.5 Å². The Labute approximate surface area is 160 Å². The van der Waals surface area contributed by atoms with Gasteiger partial charge in [0.25, 0.3) is 0 Å². The largest absolute Gasteiger partial charge is 0.334 e. The van der Waals surface area contributed by atoms with E-state index in [0.29, 0.717) is 30.7 Å². The van der Waals surface area contributed by atoms with Crippen molar-refractivity contribution in [3.05, 3.63) is 51.3 Å². The lowest BCUT2D eigenvalue weighted by Gasteiger charge is -2.14. The minimum absolute atomic E-state index is 0.204. The Bertz CT molecular complexity index is 907. The molecule has 2 unspecified atom stereocenters. The van der Waals surface area contributed by atoms with Crippen LogP contribution < -0.4 is 0 Å². The second kappa shape index (κ2) is 7.39. The van der Waals surface area contributed by atoms with Crippen molar-refractivity contribution in [1.29, 1.82) is 0 Å². The van der Waals surface area contributed by atoms with Gasteiger partial charge in [-0.2, -0.15) is 0 Å². The molecule has 1 aromatic heterocycles. The van der Waals surface area contributed by atoms with Crippen LogP contribution in [0.25, 0.3) is 0 Å². The van der Waals surface area contributed by atoms with Crippen molar-refractivity contribution < 1.29 is 17.6 Å². The number of rotatable bonds is 5. The molecule has 1 fully saturated rings. The Hall–Kier alpha value is -1.67. The Morgan fingerprint density at radius 1 is 1.15 bits per heavy atom. The number of fused-ring (bicyclic) bond motifs is 1. The predicted octanol–water partition coefficient (Wildman–Crippen LogP) is 4.28. The second-order valence-electron chi connectivity index (χ2n) is 7.41. The standard InChI is InChI=1S/C19H21F4N3S/c20-12-5-7-25(10-12)6-1-2-15-16-8-11(9-26(16)19(27)24-15)17-13(21)3-4-14(22)18(17)23/h3-4,11-12H,1-2,5-10H2,(H,24,27). The average Bonchev–Trinajstić information content (AvgIpc) is 3.30. The summed E-state index contributed by atoms with van der Waals surface area (Å²) in [5.41, 5.74) is 1.68. The van der Waals surface area contributed by atoms with Gasteiger partial charge in [0.2, 0.25) is 0 Å². The maximum absolute atomic E-state index is 14.2. The number of H-pyrrole nitrogens is 1. The Kier molecular flexibility index (Phi) is 5.11. The molecule has 1 saturated heterocycles. The van der Waals surface area contributed by atoms with Gasteiger partial charge in [0.1, 0.15) is 12.0 Å². The molecule has 3 heterocycles. The molecule has 1 aromatic carbocycles. The van der Waals surface area contributed by atoms with Crippen LogP contribution in [0.3, 0.4) is 0 Å². The molecular formula is C19H21F4N3S. The molecule has 0 amide bonds. The molecule has 2 aliphatic heterocycles. The first-order valence-electron chi connectivity index (χ1n) is 9.24. The highest BCUT2D eigenvalue weighted by atomic mass is 32.1. The SMILES string of the molecule is Fc1ccc(F)c(C2Cc3c(CCCN4CCC(F)C4)[nH]c(=S)n3C2)c1F. The van der Waals surface area contributed by atoms with Crippen molar-refractivity contribution >= 4 is 12.2 Å². The number of nitrogens with one attached hydrogen (secondary N) is 1. The van der Waals surface area contributed by atoms with Crippen molar-refractivity contribution in [3.63, 3.8) is 0 Å². The summed E-state index contributed by atoms with van der Waals surface area (Å²) in [6.45, 7) is 2.41. The first-order valence-corrected chi connectivity index (χ1v) is 9.65. The lowest BCUT2D eigenvalue weighted by molar-refractivity contribution is 0.285. The van der Waals surface area contributed by atoms with Crippen LogP contribution in [0.1, 0.15) is 35.7 Å². The molecule has 0 radical (unpaired) electrons. The number of halogens is 4. The summed E-state index contributed by atoms with van der Waals surface area (Å²) < 4.78 is 57.5. The zero-order chi connectivity index (χ0) is 19.1. The first kappa shape index (κ1) is 18.7. The number of hydrogen-bond donors (Lipinski definition) is 1. The summed E-state index contributed by atoms with van der Waals surface area (Å²) in [6.07, 6.45) is 1.86. The van der Waals surface area contributed by atoms with Gasteiger partial charge in [-0.3, -0.25) is 0 Å². The Morgan fingerprint density at radius 2 is 1.93 bits per heavy atom. The number of aromatic nitrogens is 2. The lowest BCUT2D eigenvalue weighted by Crippen LogP contribution is -2.22. The van der Waals surface area contributed by atoms with Crippen LogP contribution in [0.4, 0.5) is 17.6 Å². The maximum Gasteiger partial charge on any atom is 0.177 e. The van der Waals surface area contributed by atoms with Gasteiger partial charge in [-0.15, -0.1) is 0 Å². The van der Waals surface area contributed by atoms with Crippen LogP contribution in [-0.2, 0) is 19.4 Å². The summed E-state index contributed by atoms with van der Waals surface area (Å²) in [5, 5.41) is 0. The summed E-state index contributed by atoms with van der Waals surface area (Å²) >= 11 is 5.35. The van der Waals surface area contributed by atoms with Crippen LogP contribution in [0, 0.1) is 22.2 Å². The highest BCUT2D eigenvalue weighted by Crippen LogP contribution is 2.35. The van der Waals surface area contributed by atoms with Crippen LogP contribution in [-0.4, -0.2) is 40.3 Å². The van der Waals surface area contributed by atoms with Crippen molar-refractivity contribution in [3.8, 4) is 0 Å². The number of alkyl halides is 1. The average molecular weight is 399 g/mol. The van der Waals surface area contributed by atoms with E-state index in [1.54, 1.807) is 0 Å². The van der Waals surface area contributed by atoms with Crippen LogP contribution in [0.15, 0.2) is 12.1 Å². The van der Waals surface area contributed by atoms with Gasteiger partial charge < -0.3 is 14.5 Å². The Balaban J connectivity index is 1.48. The lowest BCUT2D eigenvalue weighted by atomic mass is 9.95.